The summed E-state index contributed by atoms with van der Waals surface area (Å²) in [6, 6.07) is 0. The number of carbonyl (C=O) groups excluding carboxylic acids is 4. The van der Waals surface area contributed by atoms with Crippen LogP contribution in [0.1, 0.15) is 408 Å². The van der Waals surface area contributed by atoms with Gasteiger partial charge in [0.25, 0.3) is 0 Å². The minimum absolute atomic E-state index is 0.105. The van der Waals surface area contributed by atoms with E-state index >= 15 is 0 Å². The van der Waals surface area contributed by atoms with Gasteiger partial charge in [-0.1, -0.05) is 357 Å². The first-order valence-corrected chi connectivity index (χ1v) is 43.9. The summed E-state index contributed by atoms with van der Waals surface area (Å²) in [7, 11) is -9.92. The van der Waals surface area contributed by atoms with Crippen LogP contribution in [-0.2, 0) is 65.4 Å². The summed E-state index contributed by atoms with van der Waals surface area (Å²) >= 11 is 0. The number of phosphoric acid groups is 2. The fourth-order valence-electron chi connectivity index (χ4n) is 12.1. The van der Waals surface area contributed by atoms with Gasteiger partial charge in [-0.05, 0) is 43.4 Å². The van der Waals surface area contributed by atoms with Crippen LogP contribution in [0.2, 0.25) is 0 Å². The van der Waals surface area contributed by atoms with Crippen LogP contribution in [0.5, 0.6) is 0 Å². The molecule has 0 aromatic carbocycles. The highest BCUT2D eigenvalue weighted by molar-refractivity contribution is 7.47. The van der Waals surface area contributed by atoms with Crippen molar-refractivity contribution < 1.29 is 80.2 Å². The molecule has 17 nitrogen and oxygen atoms in total. The van der Waals surface area contributed by atoms with Gasteiger partial charge in [0, 0.05) is 25.7 Å². The number of unbranched alkanes of at least 4 members (excludes halogenated alkanes) is 43. The van der Waals surface area contributed by atoms with Gasteiger partial charge in [-0.2, -0.15) is 0 Å². The van der Waals surface area contributed by atoms with E-state index in [1.807, 2.05) is 0 Å². The molecular formula is C79H154O17P2. The number of hydrogen-bond acceptors (Lipinski definition) is 15. The summed E-state index contributed by atoms with van der Waals surface area (Å²) in [6.07, 6.45) is 56.7. The molecule has 582 valence electrons. The average Bonchev–Trinajstić information content (AvgIpc) is 1.09. The van der Waals surface area contributed by atoms with Crippen molar-refractivity contribution in [3.63, 3.8) is 0 Å². The van der Waals surface area contributed by atoms with Crippen molar-refractivity contribution in [1.29, 1.82) is 0 Å². The highest BCUT2D eigenvalue weighted by atomic mass is 31.2. The normalized spacial score (nSPS) is 14.6. The lowest BCUT2D eigenvalue weighted by Gasteiger charge is -2.21. The summed E-state index contributed by atoms with van der Waals surface area (Å²) in [5.41, 5.74) is 0. The SMILES string of the molecule is CCCCCCCCCCCCCCCCCCCC(=O)OC[C@H](COP(=O)(O)OC[C@@H](O)COP(=O)(O)OC[C@@H](COC(=O)CCCCCCCCCCC(C)CC)OC(=O)CCCCCCCCCCC(C)CC)OC(=O)CCCCCCCCCCCCCCCCC(C)C. The van der Waals surface area contributed by atoms with E-state index in [1.54, 1.807) is 0 Å². The number of ether oxygens (including phenoxy) is 4. The van der Waals surface area contributed by atoms with Gasteiger partial charge in [0.1, 0.15) is 19.3 Å². The fourth-order valence-corrected chi connectivity index (χ4v) is 13.6. The van der Waals surface area contributed by atoms with Crippen LogP contribution in [0, 0.1) is 17.8 Å². The predicted molar refractivity (Wildman–Crippen MR) is 400 cm³/mol. The minimum atomic E-state index is -4.96. The Morgan fingerprint density at radius 2 is 0.520 bits per heavy atom. The molecule has 3 N–H and O–H groups in total. The molecule has 0 aromatic rings. The first-order chi connectivity index (χ1) is 47.3. The first kappa shape index (κ1) is 96.1. The molecule has 4 unspecified atom stereocenters. The Labute approximate surface area is 600 Å². The molecule has 0 heterocycles. The zero-order chi connectivity index (χ0) is 72.3. The summed E-state index contributed by atoms with van der Waals surface area (Å²) in [4.78, 5) is 73.0. The topological polar surface area (TPSA) is 237 Å². The Hall–Kier alpha value is -1.94. The van der Waals surface area contributed by atoms with Gasteiger partial charge >= 0.3 is 39.5 Å². The highest BCUT2D eigenvalue weighted by Crippen LogP contribution is 2.45. The van der Waals surface area contributed by atoms with Gasteiger partial charge < -0.3 is 33.8 Å². The van der Waals surface area contributed by atoms with Crippen molar-refractivity contribution in [2.24, 2.45) is 17.8 Å². The molecule has 0 bridgehead atoms. The van der Waals surface area contributed by atoms with Gasteiger partial charge in [-0.25, -0.2) is 9.13 Å². The standard InChI is InChI=1S/C79H154O17P2/c1-8-11-12-13-14-15-16-17-18-19-20-24-27-30-39-46-53-60-76(81)89-66-74(95-78(83)62-55-48-41-31-28-25-22-21-23-26-29-36-43-50-57-70(4)5)68-93-97(85,86)91-64-73(80)65-92-98(87,88)94-69-75(96-79(84)63-56-49-42-35-33-38-45-52-59-72(7)10-3)67-90-77(82)61-54-47-40-34-32-37-44-51-58-71(6)9-2/h70-75,80H,8-69H2,1-7H3,(H,85,86)(H,87,88)/t71?,72?,73-,74-,75-/m1/s1. The molecule has 0 rings (SSSR count). The second kappa shape index (κ2) is 69.4. The van der Waals surface area contributed by atoms with E-state index in [2.05, 4.69) is 48.5 Å². The van der Waals surface area contributed by atoms with Crippen molar-refractivity contribution in [3.8, 4) is 0 Å². The van der Waals surface area contributed by atoms with Gasteiger partial charge in [0.2, 0.25) is 0 Å². The van der Waals surface area contributed by atoms with E-state index in [1.165, 1.54) is 218 Å². The number of aliphatic hydroxyl groups excluding tert-OH is 1. The molecule has 0 aromatic heterocycles. The Kier molecular flexibility index (Phi) is 68.1. The van der Waals surface area contributed by atoms with E-state index in [9.17, 15) is 43.2 Å². The Morgan fingerprint density at radius 3 is 0.776 bits per heavy atom. The lowest BCUT2D eigenvalue weighted by molar-refractivity contribution is -0.161. The molecular weight excluding hydrogens is 1280 g/mol. The number of phosphoric ester groups is 2. The van der Waals surface area contributed by atoms with Crippen LogP contribution in [-0.4, -0.2) is 96.7 Å². The van der Waals surface area contributed by atoms with Crippen LogP contribution >= 0.6 is 15.6 Å². The molecule has 7 atom stereocenters. The quantitative estimate of drug-likeness (QED) is 0.0222. The molecule has 19 heteroatoms. The van der Waals surface area contributed by atoms with Crippen LogP contribution in [0.25, 0.3) is 0 Å². The fraction of sp³-hybridized carbons (Fsp3) is 0.949. The zero-order valence-electron chi connectivity index (χ0n) is 64.3. The van der Waals surface area contributed by atoms with Crippen molar-refractivity contribution in [1.82, 2.24) is 0 Å². The van der Waals surface area contributed by atoms with Crippen LogP contribution in [0.15, 0.2) is 0 Å². The molecule has 0 aliphatic rings. The molecule has 98 heavy (non-hydrogen) atoms. The van der Waals surface area contributed by atoms with E-state index < -0.39 is 97.5 Å². The van der Waals surface area contributed by atoms with Gasteiger partial charge in [-0.3, -0.25) is 37.3 Å². The maximum atomic E-state index is 13.1. The second-order valence-corrected chi connectivity index (χ2v) is 32.3. The van der Waals surface area contributed by atoms with Crippen LogP contribution < -0.4 is 0 Å². The monoisotopic (exact) mass is 1440 g/mol. The summed E-state index contributed by atoms with van der Waals surface area (Å²) < 4.78 is 68.7. The van der Waals surface area contributed by atoms with Crippen molar-refractivity contribution >= 4 is 39.5 Å². The summed E-state index contributed by atoms with van der Waals surface area (Å²) in [5.74, 6) is 0.227. The number of esters is 4. The van der Waals surface area contributed by atoms with E-state index in [0.29, 0.717) is 25.7 Å². The van der Waals surface area contributed by atoms with E-state index in [4.69, 9.17) is 37.0 Å². The lowest BCUT2D eigenvalue weighted by Crippen LogP contribution is -2.30. The van der Waals surface area contributed by atoms with E-state index in [0.717, 1.165) is 108 Å². The third-order valence-electron chi connectivity index (χ3n) is 19.1. The third-order valence-corrected chi connectivity index (χ3v) is 21.0. The predicted octanol–water partition coefficient (Wildman–Crippen LogP) is 23.4. The Bertz CT molecular complexity index is 1910. The van der Waals surface area contributed by atoms with Gasteiger partial charge in [0.05, 0.1) is 26.4 Å². The zero-order valence-corrected chi connectivity index (χ0v) is 66.0. The maximum Gasteiger partial charge on any atom is 0.472 e. The van der Waals surface area contributed by atoms with Gasteiger partial charge in [0.15, 0.2) is 12.2 Å². The second-order valence-electron chi connectivity index (χ2n) is 29.4. The van der Waals surface area contributed by atoms with Crippen molar-refractivity contribution in [3.05, 3.63) is 0 Å². The Balaban J connectivity index is 5.26. The molecule has 0 radical (unpaired) electrons. The molecule has 0 amide bonds. The number of rotatable bonds is 77. The number of carbonyl (C=O) groups is 4. The highest BCUT2D eigenvalue weighted by Gasteiger charge is 2.30. The molecule has 0 fully saturated rings. The summed E-state index contributed by atoms with van der Waals surface area (Å²) in [6.45, 7) is 11.9. The van der Waals surface area contributed by atoms with Crippen LogP contribution in [0.4, 0.5) is 0 Å². The molecule has 0 aliphatic heterocycles. The molecule has 0 spiro atoms. The number of aliphatic hydroxyl groups is 1. The smallest absolute Gasteiger partial charge is 0.462 e. The van der Waals surface area contributed by atoms with Crippen LogP contribution in [0.3, 0.4) is 0 Å². The maximum absolute atomic E-state index is 13.1. The average molecular weight is 1440 g/mol. The van der Waals surface area contributed by atoms with E-state index in [-0.39, 0.29) is 25.7 Å². The summed E-state index contributed by atoms with van der Waals surface area (Å²) in [5, 5.41) is 10.6. The largest absolute Gasteiger partial charge is 0.472 e. The molecule has 0 aliphatic carbocycles. The lowest BCUT2D eigenvalue weighted by atomic mass is 9.99. The molecule has 0 saturated heterocycles. The third kappa shape index (κ3) is 69.8. The minimum Gasteiger partial charge on any atom is -0.462 e. The number of hydrogen-bond donors (Lipinski definition) is 3. The Morgan fingerprint density at radius 1 is 0.296 bits per heavy atom. The molecule has 0 saturated carbocycles. The first-order valence-electron chi connectivity index (χ1n) is 40.9. The van der Waals surface area contributed by atoms with Gasteiger partial charge in [-0.15, -0.1) is 0 Å². The van der Waals surface area contributed by atoms with Crippen molar-refractivity contribution in [2.75, 3.05) is 39.6 Å². The van der Waals surface area contributed by atoms with Crippen molar-refractivity contribution in [2.45, 2.75) is 426 Å².